The second-order valence-corrected chi connectivity index (χ2v) is 7.42. The molecule has 0 saturated heterocycles. The average Bonchev–Trinajstić information content (AvgIpc) is 2.86. The maximum absolute atomic E-state index is 12.3. The van der Waals surface area contributed by atoms with E-state index in [1.807, 2.05) is 6.07 Å². The molecule has 0 N–H and O–H groups in total. The molecule has 1 aromatic carbocycles. The summed E-state index contributed by atoms with van der Waals surface area (Å²) in [6.45, 7) is 3.28. The number of carbonyl (C=O) groups excluding carboxylic acids is 1. The van der Waals surface area contributed by atoms with Crippen molar-refractivity contribution in [3.8, 4) is 0 Å². The Morgan fingerprint density at radius 1 is 1.38 bits per heavy atom. The predicted octanol–water partition coefficient (Wildman–Crippen LogP) is 1.88. The summed E-state index contributed by atoms with van der Waals surface area (Å²) >= 11 is 0. The van der Waals surface area contributed by atoms with Crippen molar-refractivity contribution in [2.24, 2.45) is 0 Å². The van der Waals surface area contributed by atoms with Gasteiger partial charge in [0.1, 0.15) is 0 Å². The minimum Gasteiger partial charge on any atom is -0.342 e. The first-order valence-corrected chi connectivity index (χ1v) is 9.05. The summed E-state index contributed by atoms with van der Waals surface area (Å²) in [5.74, 6) is -0.0101. The van der Waals surface area contributed by atoms with Crippen LogP contribution in [0.1, 0.15) is 35.7 Å². The van der Waals surface area contributed by atoms with E-state index in [4.69, 9.17) is 0 Å². The fraction of sp³-hybridized carbons (Fsp3) is 0.533. The van der Waals surface area contributed by atoms with Crippen LogP contribution in [-0.2, 0) is 16.4 Å². The third kappa shape index (κ3) is 3.37. The van der Waals surface area contributed by atoms with E-state index in [0.29, 0.717) is 24.2 Å². The number of hydrogen-bond donors (Lipinski definition) is 0. The molecule has 1 aliphatic rings. The first-order valence-electron chi connectivity index (χ1n) is 7.20. The molecule has 6 heteroatoms. The summed E-state index contributed by atoms with van der Waals surface area (Å²) < 4.78 is 24.8. The van der Waals surface area contributed by atoms with Crippen LogP contribution in [0.2, 0.25) is 0 Å². The number of benzene rings is 1. The van der Waals surface area contributed by atoms with Gasteiger partial charge in [-0.05, 0) is 36.6 Å². The van der Waals surface area contributed by atoms with Crippen LogP contribution in [0.4, 0.5) is 5.69 Å². The molecule has 0 saturated carbocycles. The molecule has 5 nitrogen and oxygen atoms in total. The number of fused-ring (bicyclic) bond motifs is 1. The molecule has 0 spiro atoms. The number of hydrogen-bond acceptors (Lipinski definition) is 3. The monoisotopic (exact) mass is 310 g/mol. The maximum atomic E-state index is 12.3. The lowest BCUT2D eigenvalue weighted by Crippen LogP contribution is -2.28. The van der Waals surface area contributed by atoms with Crippen molar-refractivity contribution in [1.29, 1.82) is 0 Å². The lowest BCUT2D eigenvalue weighted by atomic mass is 10.1. The molecule has 1 heterocycles. The van der Waals surface area contributed by atoms with Gasteiger partial charge in [-0.2, -0.15) is 0 Å². The van der Waals surface area contributed by atoms with E-state index < -0.39 is 10.0 Å². The molecule has 0 aromatic heterocycles. The van der Waals surface area contributed by atoms with Crippen LogP contribution in [0.25, 0.3) is 0 Å². The number of unbranched alkanes of at least 4 members (excludes halogenated alkanes) is 1. The minimum absolute atomic E-state index is 0.0101. The quantitative estimate of drug-likeness (QED) is 0.834. The summed E-state index contributed by atoms with van der Waals surface area (Å²) in [5, 5.41) is 0. The highest BCUT2D eigenvalue weighted by Gasteiger charge is 2.27. The molecule has 0 unspecified atom stereocenters. The van der Waals surface area contributed by atoms with Crippen molar-refractivity contribution in [3.05, 3.63) is 29.3 Å². The summed E-state index contributed by atoms with van der Waals surface area (Å²) in [7, 11) is -1.44. The van der Waals surface area contributed by atoms with Crippen molar-refractivity contribution < 1.29 is 13.2 Å². The van der Waals surface area contributed by atoms with E-state index in [2.05, 4.69) is 6.92 Å². The predicted molar refractivity (Wildman–Crippen MR) is 84.2 cm³/mol. The van der Waals surface area contributed by atoms with Crippen molar-refractivity contribution in [2.75, 3.05) is 30.7 Å². The molecular weight excluding hydrogens is 288 g/mol. The number of amides is 1. The smallest absolute Gasteiger partial charge is 0.253 e. The molecule has 1 aromatic rings. The molecule has 0 fully saturated rings. The normalized spacial score (nSPS) is 14.1. The lowest BCUT2D eigenvalue weighted by Gasteiger charge is -2.18. The van der Waals surface area contributed by atoms with Crippen molar-refractivity contribution in [3.63, 3.8) is 0 Å². The highest BCUT2D eigenvalue weighted by Crippen LogP contribution is 2.30. The maximum Gasteiger partial charge on any atom is 0.253 e. The van der Waals surface area contributed by atoms with Gasteiger partial charge in [0.25, 0.3) is 5.91 Å². The van der Waals surface area contributed by atoms with Crippen molar-refractivity contribution in [1.82, 2.24) is 4.90 Å². The Labute approximate surface area is 126 Å². The van der Waals surface area contributed by atoms with E-state index in [0.717, 1.165) is 24.9 Å². The van der Waals surface area contributed by atoms with Gasteiger partial charge in [0.05, 0.1) is 11.9 Å². The Morgan fingerprint density at radius 3 is 2.71 bits per heavy atom. The number of rotatable bonds is 5. The van der Waals surface area contributed by atoms with Gasteiger partial charge in [-0.3, -0.25) is 9.10 Å². The SMILES string of the molecule is CCCCN(C)C(=O)c1ccc2c(c1)CCN2S(C)(=O)=O. The zero-order valence-corrected chi connectivity index (χ0v) is 13.6. The number of sulfonamides is 1. The van der Waals surface area contributed by atoms with Crippen molar-refractivity contribution in [2.45, 2.75) is 26.2 Å². The number of carbonyl (C=O) groups is 1. The molecular formula is C15H22N2O3S. The van der Waals surface area contributed by atoms with Crippen LogP contribution in [0.15, 0.2) is 18.2 Å². The average molecular weight is 310 g/mol. The Kier molecular flexibility index (Phi) is 4.56. The van der Waals surface area contributed by atoms with E-state index in [9.17, 15) is 13.2 Å². The Hall–Kier alpha value is -1.56. The van der Waals surface area contributed by atoms with E-state index >= 15 is 0 Å². The summed E-state index contributed by atoms with van der Waals surface area (Å²) in [6, 6.07) is 5.28. The van der Waals surface area contributed by atoms with E-state index in [1.54, 1.807) is 24.1 Å². The lowest BCUT2D eigenvalue weighted by molar-refractivity contribution is 0.0793. The first-order chi connectivity index (χ1) is 9.84. The largest absolute Gasteiger partial charge is 0.342 e. The fourth-order valence-corrected chi connectivity index (χ4v) is 3.52. The van der Waals surface area contributed by atoms with Gasteiger partial charge in [0.15, 0.2) is 0 Å². The molecule has 1 amide bonds. The van der Waals surface area contributed by atoms with Gasteiger partial charge < -0.3 is 4.90 Å². The van der Waals surface area contributed by atoms with Crippen LogP contribution < -0.4 is 4.31 Å². The summed E-state index contributed by atoms with van der Waals surface area (Å²) in [6.07, 6.45) is 3.89. The molecule has 21 heavy (non-hydrogen) atoms. The Morgan fingerprint density at radius 2 is 2.10 bits per heavy atom. The molecule has 0 radical (unpaired) electrons. The molecule has 1 aliphatic heterocycles. The van der Waals surface area contributed by atoms with Crippen molar-refractivity contribution >= 4 is 21.6 Å². The van der Waals surface area contributed by atoms with E-state index in [1.165, 1.54) is 10.6 Å². The van der Waals surface area contributed by atoms with Crippen LogP contribution in [0.3, 0.4) is 0 Å². The van der Waals surface area contributed by atoms with Gasteiger partial charge >= 0.3 is 0 Å². The topological polar surface area (TPSA) is 57.7 Å². The Bertz CT molecular complexity index is 640. The fourth-order valence-electron chi connectivity index (χ4n) is 2.57. The third-order valence-electron chi connectivity index (χ3n) is 3.77. The highest BCUT2D eigenvalue weighted by atomic mass is 32.2. The van der Waals surface area contributed by atoms with Crippen LogP contribution in [0.5, 0.6) is 0 Å². The van der Waals surface area contributed by atoms with Gasteiger partial charge in [-0.1, -0.05) is 13.3 Å². The number of anilines is 1. The van der Waals surface area contributed by atoms with Gasteiger partial charge in [0, 0.05) is 25.7 Å². The standard InChI is InChI=1S/C15H22N2O3S/c1-4-5-9-16(2)15(18)13-6-7-14-12(11-13)8-10-17(14)21(3,19)20/h6-7,11H,4-5,8-10H2,1-3H3. The highest BCUT2D eigenvalue weighted by molar-refractivity contribution is 7.92. The molecule has 0 bridgehead atoms. The zero-order chi connectivity index (χ0) is 15.6. The third-order valence-corrected chi connectivity index (χ3v) is 4.95. The summed E-state index contributed by atoms with van der Waals surface area (Å²) in [5.41, 5.74) is 2.25. The van der Waals surface area contributed by atoms with Crippen LogP contribution >= 0.6 is 0 Å². The van der Waals surface area contributed by atoms with E-state index in [-0.39, 0.29) is 5.91 Å². The zero-order valence-electron chi connectivity index (χ0n) is 12.8. The second-order valence-electron chi connectivity index (χ2n) is 5.51. The molecule has 0 atom stereocenters. The molecule has 116 valence electrons. The Balaban J connectivity index is 2.22. The summed E-state index contributed by atoms with van der Waals surface area (Å²) in [4.78, 5) is 14.0. The second kappa shape index (κ2) is 6.05. The minimum atomic E-state index is -3.24. The van der Waals surface area contributed by atoms with Gasteiger partial charge in [-0.25, -0.2) is 8.42 Å². The molecule has 0 aliphatic carbocycles. The molecule has 2 rings (SSSR count). The van der Waals surface area contributed by atoms with Gasteiger partial charge in [0.2, 0.25) is 10.0 Å². The van der Waals surface area contributed by atoms with Crippen LogP contribution in [-0.4, -0.2) is 45.6 Å². The van der Waals surface area contributed by atoms with Crippen LogP contribution in [0, 0.1) is 0 Å². The van der Waals surface area contributed by atoms with Gasteiger partial charge in [-0.15, -0.1) is 0 Å². The number of nitrogens with zero attached hydrogens (tertiary/aromatic N) is 2. The first kappa shape index (κ1) is 15.8.